The lowest BCUT2D eigenvalue weighted by atomic mass is 10.0. The molecule has 0 radical (unpaired) electrons. The molecular weight excluding hydrogens is 280 g/mol. The molecule has 1 aliphatic rings. The van der Waals surface area contributed by atoms with Crippen LogP contribution < -0.4 is 4.42 Å². The number of anilines is 1. The predicted octanol–water partition coefficient (Wildman–Crippen LogP) is 4.67. The lowest BCUT2D eigenvalue weighted by Crippen LogP contribution is -2.22. The summed E-state index contributed by atoms with van der Waals surface area (Å²) in [6, 6.07) is 18.8. The molecule has 0 saturated carbocycles. The van der Waals surface area contributed by atoms with E-state index in [9.17, 15) is 0 Å². The Hall–Kier alpha value is -1.80. The Kier molecular flexibility index (Phi) is 4.26. The molecule has 0 bridgehead atoms. The van der Waals surface area contributed by atoms with Gasteiger partial charge in [0.15, 0.2) is 0 Å². The average Bonchev–Trinajstić information content (AvgIpc) is 2.66. The van der Waals surface area contributed by atoms with Gasteiger partial charge in [0.05, 0.1) is 24.0 Å². The number of halogens is 1. The third kappa shape index (κ3) is 2.96. The number of benzene rings is 2. The van der Waals surface area contributed by atoms with E-state index < -0.39 is 0 Å². The monoisotopic (exact) mass is 298 g/mol. The zero-order valence-corrected chi connectivity index (χ0v) is 12.9. The van der Waals surface area contributed by atoms with E-state index in [4.69, 9.17) is 16.8 Å². The molecule has 1 heterocycles. The molecule has 1 unspecified atom stereocenters. The SMILES string of the molecule is CCCC1CN(Cl)c2ccccc2C(c2ccccc2)=N1. The third-order valence-corrected chi connectivity index (χ3v) is 4.09. The summed E-state index contributed by atoms with van der Waals surface area (Å²) in [7, 11) is 0. The van der Waals surface area contributed by atoms with Crippen molar-refractivity contribution in [3.8, 4) is 0 Å². The molecular formula is C18H19ClN2. The highest BCUT2D eigenvalue weighted by Crippen LogP contribution is 2.29. The van der Waals surface area contributed by atoms with Gasteiger partial charge in [-0.15, -0.1) is 0 Å². The highest BCUT2D eigenvalue weighted by atomic mass is 35.5. The summed E-state index contributed by atoms with van der Waals surface area (Å²) in [6.45, 7) is 2.94. The van der Waals surface area contributed by atoms with Crippen molar-refractivity contribution < 1.29 is 0 Å². The fourth-order valence-corrected chi connectivity index (χ4v) is 3.08. The van der Waals surface area contributed by atoms with E-state index in [-0.39, 0.29) is 6.04 Å². The van der Waals surface area contributed by atoms with Gasteiger partial charge in [0.1, 0.15) is 0 Å². The lowest BCUT2D eigenvalue weighted by molar-refractivity contribution is 0.619. The zero-order chi connectivity index (χ0) is 14.7. The molecule has 1 aliphatic heterocycles. The zero-order valence-electron chi connectivity index (χ0n) is 12.2. The minimum absolute atomic E-state index is 0.232. The van der Waals surface area contributed by atoms with Crippen molar-refractivity contribution in [1.29, 1.82) is 0 Å². The van der Waals surface area contributed by atoms with Gasteiger partial charge >= 0.3 is 0 Å². The maximum absolute atomic E-state index is 6.49. The average molecular weight is 299 g/mol. The Balaban J connectivity index is 2.13. The second kappa shape index (κ2) is 6.31. The van der Waals surface area contributed by atoms with Gasteiger partial charge in [-0.1, -0.05) is 61.9 Å². The topological polar surface area (TPSA) is 15.6 Å². The van der Waals surface area contributed by atoms with Crippen LogP contribution in [0.25, 0.3) is 0 Å². The molecule has 0 aliphatic carbocycles. The van der Waals surface area contributed by atoms with E-state index >= 15 is 0 Å². The van der Waals surface area contributed by atoms with Crippen molar-refractivity contribution in [2.75, 3.05) is 11.0 Å². The number of rotatable bonds is 3. The molecule has 0 spiro atoms. The number of nitrogens with zero attached hydrogens (tertiary/aromatic N) is 2. The van der Waals surface area contributed by atoms with Crippen LogP contribution in [0.5, 0.6) is 0 Å². The van der Waals surface area contributed by atoms with Crippen LogP contribution in [0, 0.1) is 0 Å². The van der Waals surface area contributed by atoms with Gasteiger partial charge in [-0.25, -0.2) is 0 Å². The van der Waals surface area contributed by atoms with Crippen molar-refractivity contribution in [3.05, 3.63) is 65.7 Å². The molecule has 0 fully saturated rings. The molecule has 0 N–H and O–H groups in total. The molecule has 0 saturated heterocycles. The number of fused-ring (bicyclic) bond motifs is 1. The first-order valence-corrected chi connectivity index (χ1v) is 7.79. The largest absolute Gasteiger partial charge is 0.282 e. The predicted molar refractivity (Wildman–Crippen MR) is 90.4 cm³/mol. The van der Waals surface area contributed by atoms with Crippen LogP contribution in [0.2, 0.25) is 0 Å². The Morgan fingerprint density at radius 2 is 1.81 bits per heavy atom. The molecule has 2 nitrogen and oxygen atoms in total. The van der Waals surface area contributed by atoms with Crippen LogP contribution in [0.15, 0.2) is 59.6 Å². The Morgan fingerprint density at radius 3 is 2.57 bits per heavy atom. The summed E-state index contributed by atoms with van der Waals surface area (Å²) in [5.74, 6) is 0. The van der Waals surface area contributed by atoms with Crippen LogP contribution in [0.1, 0.15) is 30.9 Å². The standard InChI is InChI=1S/C18H19ClN2/c1-2-8-15-13-21(19)17-12-7-6-11-16(17)18(20-15)14-9-4-3-5-10-14/h3-7,9-12,15H,2,8,13H2,1H3. The highest BCUT2D eigenvalue weighted by molar-refractivity contribution is 6.28. The maximum atomic E-state index is 6.49. The highest BCUT2D eigenvalue weighted by Gasteiger charge is 2.23. The number of hydrogen-bond acceptors (Lipinski definition) is 2. The van der Waals surface area contributed by atoms with Crippen molar-refractivity contribution in [2.24, 2.45) is 4.99 Å². The molecule has 21 heavy (non-hydrogen) atoms. The third-order valence-electron chi connectivity index (χ3n) is 3.77. The van der Waals surface area contributed by atoms with E-state index in [1.807, 2.05) is 22.6 Å². The lowest BCUT2D eigenvalue weighted by Gasteiger charge is -2.18. The second-order valence-electron chi connectivity index (χ2n) is 5.35. The molecule has 2 aromatic carbocycles. The summed E-state index contributed by atoms with van der Waals surface area (Å²) in [5, 5.41) is 0. The smallest absolute Gasteiger partial charge is 0.0744 e. The second-order valence-corrected chi connectivity index (χ2v) is 5.76. The van der Waals surface area contributed by atoms with Crippen LogP contribution >= 0.6 is 11.8 Å². The number of hydrogen-bond donors (Lipinski definition) is 0. The minimum atomic E-state index is 0.232. The van der Waals surface area contributed by atoms with Gasteiger partial charge in [-0.3, -0.25) is 9.41 Å². The quantitative estimate of drug-likeness (QED) is 0.752. The molecule has 0 aromatic heterocycles. The molecule has 1 atom stereocenters. The molecule has 3 rings (SSSR count). The van der Waals surface area contributed by atoms with Gasteiger partial charge in [0.2, 0.25) is 0 Å². The Labute approximate surface area is 131 Å². The molecule has 3 heteroatoms. The van der Waals surface area contributed by atoms with Crippen LogP contribution in [0.3, 0.4) is 0 Å². The van der Waals surface area contributed by atoms with E-state index in [0.29, 0.717) is 0 Å². The van der Waals surface area contributed by atoms with E-state index in [1.165, 1.54) is 0 Å². The van der Waals surface area contributed by atoms with Crippen molar-refractivity contribution in [3.63, 3.8) is 0 Å². The summed E-state index contributed by atoms with van der Waals surface area (Å²) >= 11 is 6.49. The van der Waals surface area contributed by atoms with Gasteiger partial charge in [-0.05, 0) is 12.5 Å². The molecule has 2 aromatic rings. The fraction of sp³-hybridized carbons (Fsp3) is 0.278. The van der Waals surface area contributed by atoms with Crippen LogP contribution in [0.4, 0.5) is 5.69 Å². The summed E-state index contributed by atoms with van der Waals surface area (Å²) in [6.07, 6.45) is 2.16. The Bertz CT molecular complexity index is 637. The number of aliphatic imine (C=N–C) groups is 1. The molecule has 0 amide bonds. The minimum Gasteiger partial charge on any atom is -0.282 e. The van der Waals surface area contributed by atoms with Crippen LogP contribution in [-0.4, -0.2) is 18.3 Å². The summed E-state index contributed by atoms with van der Waals surface area (Å²) in [4.78, 5) is 5.02. The fourth-order valence-electron chi connectivity index (χ4n) is 2.78. The first kappa shape index (κ1) is 14.2. The van der Waals surface area contributed by atoms with Crippen molar-refractivity contribution in [2.45, 2.75) is 25.8 Å². The van der Waals surface area contributed by atoms with E-state index in [0.717, 1.165) is 41.9 Å². The van der Waals surface area contributed by atoms with E-state index in [1.54, 1.807) is 0 Å². The molecule has 108 valence electrons. The van der Waals surface area contributed by atoms with Crippen molar-refractivity contribution in [1.82, 2.24) is 0 Å². The van der Waals surface area contributed by atoms with Gasteiger partial charge in [0.25, 0.3) is 0 Å². The van der Waals surface area contributed by atoms with Crippen LogP contribution in [-0.2, 0) is 0 Å². The Morgan fingerprint density at radius 1 is 1.10 bits per heavy atom. The summed E-state index contributed by atoms with van der Waals surface area (Å²) < 4.78 is 1.81. The van der Waals surface area contributed by atoms with Gasteiger partial charge in [0, 0.05) is 22.9 Å². The summed E-state index contributed by atoms with van der Waals surface area (Å²) in [5.41, 5.74) is 4.35. The van der Waals surface area contributed by atoms with Gasteiger partial charge < -0.3 is 0 Å². The first-order valence-electron chi connectivity index (χ1n) is 7.45. The normalized spacial score (nSPS) is 17.9. The first-order chi connectivity index (χ1) is 10.3. The van der Waals surface area contributed by atoms with Crippen molar-refractivity contribution >= 4 is 23.2 Å². The van der Waals surface area contributed by atoms with Gasteiger partial charge in [-0.2, -0.15) is 0 Å². The number of benzodiazepines with no additional fused rings is 1. The van der Waals surface area contributed by atoms with E-state index in [2.05, 4.69) is 43.3 Å². The maximum Gasteiger partial charge on any atom is 0.0744 e. The number of para-hydroxylation sites is 1.